The van der Waals surface area contributed by atoms with Gasteiger partial charge in [0, 0.05) is 49.1 Å². The predicted octanol–water partition coefficient (Wildman–Crippen LogP) is 5.99. The quantitative estimate of drug-likeness (QED) is 0.445. The number of hydrogen-bond donors (Lipinski definition) is 0. The van der Waals surface area contributed by atoms with Gasteiger partial charge in [0.15, 0.2) is 23.4 Å². The van der Waals surface area contributed by atoms with E-state index in [4.69, 9.17) is 0 Å². The van der Waals surface area contributed by atoms with Gasteiger partial charge in [0.2, 0.25) is 5.91 Å². The molecular weight excluding hydrogens is 463 g/mol. The van der Waals surface area contributed by atoms with Crippen LogP contribution < -0.4 is 5.43 Å². The molecule has 6 nitrogen and oxygen atoms in total. The number of fused-ring (bicyclic) bond motifs is 3. The number of rotatable bonds is 3. The van der Waals surface area contributed by atoms with Crippen LogP contribution in [0.4, 0.5) is 3.89 Å². The SMILES string of the molecule is CC1CCN(C(=O)C2CCC(C(C)(C)C)CC2)CC1n1ccc(=O)c2cnc3c(ccn3SF)c21. The van der Waals surface area contributed by atoms with Gasteiger partial charge in [-0.05, 0) is 55.4 Å². The molecule has 1 amide bonds. The lowest BCUT2D eigenvalue weighted by Gasteiger charge is -2.42. The van der Waals surface area contributed by atoms with Crippen molar-refractivity contribution < 1.29 is 8.68 Å². The van der Waals surface area contributed by atoms with Crippen LogP contribution in [0.1, 0.15) is 65.8 Å². The molecular formula is C27H35FN4O2S. The standard InChI is InChI=1S/C27H35FN4O2S/c1-17-9-12-30(26(34)18-5-7-19(8-6-18)27(2,3)4)16-22(17)31-13-11-23(33)21-15-29-25-20(24(21)31)10-14-32(25)35-28/h10-11,13-15,17-19,22H,5-9,12,16H2,1-4H3. The molecule has 1 aliphatic carbocycles. The minimum Gasteiger partial charge on any atom is -0.341 e. The average molecular weight is 499 g/mol. The van der Waals surface area contributed by atoms with Gasteiger partial charge in [0.05, 0.1) is 16.9 Å². The Labute approximate surface area is 210 Å². The van der Waals surface area contributed by atoms with Gasteiger partial charge < -0.3 is 9.47 Å². The zero-order valence-electron chi connectivity index (χ0n) is 21.0. The Morgan fingerprint density at radius 1 is 1.09 bits per heavy atom. The Kier molecular flexibility index (Phi) is 6.45. The Hall–Kier alpha value is -2.35. The third-order valence-corrected chi connectivity index (χ3v) is 8.97. The van der Waals surface area contributed by atoms with Gasteiger partial charge in [-0.2, -0.15) is 0 Å². The van der Waals surface area contributed by atoms with Crippen LogP contribution in [-0.4, -0.2) is 37.4 Å². The van der Waals surface area contributed by atoms with Gasteiger partial charge in [0.25, 0.3) is 0 Å². The molecule has 0 aromatic carbocycles. The molecule has 2 fully saturated rings. The summed E-state index contributed by atoms with van der Waals surface area (Å²) in [6.45, 7) is 10.5. The number of aromatic nitrogens is 3. The second-order valence-electron chi connectivity index (χ2n) is 11.6. The van der Waals surface area contributed by atoms with Crippen molar-refractivity contribution >= 4 is 40.2 Å². The van der Waals surface area contributed by atoms with Crippen molar-refractivity contribution in [1.82, 2.24) is 18.4 Å². The van der Waals surface area contributed by atoms with Crippen LogP contribution in [0, 0.1) is 23.2 Å². The van der Waals surface area contributed by atoms with Gasteiger partial charge in [-0.15, -0.1) is 3.89 Å². The predicted molar refractivity (Wildman–Crippen MR) is 140 cm³/mol. The number of carbonyl (C=O) groups is 1. The van der Waals surface area contributed by atoms with E-state index in [-0.39, 0.29) is 35.6 Å². The maximum atomic E-state index is 13.6. The number of nitrogens with zero attached hydrogens (tertiary/aromatic N) is 4. The monoisotopic (exact) mass is 498 g/mol. The summed E-state index contributed by atoms with van der Waals surface area (Å²) in [4.78, 5) is 32.7. The minimum atomic E-state index is -0.0988. The number of halogens is 1. The number of likely N-dealkylation sites (tertiary alicyclic amines) is 1. The number of pyridine rings is 2. The van der Waals surface area contributed by atoms with E-state index in [0.717, 1.165) is 49.6 Å². The van der Waals surface area contributed by atoms with Gasteiger partial charge in [-0.1, -0.05) is 27.7 Å². The third kappa shape index (κ3) is 4.39. The fourth-order valence-corrected chi connectivity index (χ4v) is 6.55. The molecule has 1 saturated heterocycles. The molecule has 8 heteroatoms. The van der Waals surface area contributed by atoms with E-state index in [0.29, 0.717) is 34.8 Å². The first-order chi connectivity index (χ1) is 16.7. The normalized spacial score (nSPS) is 25.9. The van der Waals surface area contributed by atoms with E-state index in [2.05, 4.69) is 42.1 Å². The maximum absolute atomic E-state index is 13.6. The summed E-state index contributed by atoms with van der Waals surface area (Å²) >= 11 is 0.0952. The van der Waals surface area contributed by atoms with E-state index in [1.54, 1.807) is 18.5 Å². The summed E-state index contributed by atoms with van der Waals surface area (Å²) in [5.74, 6) is 1.41. The summed E-state index contributed by atoms with van der Waals surface area (Å²) in [5, 5.41) is 1.28. The molecule has 2 aliphatic rings. The number of amides is 1. The van der Waals surface area contributed by atoms with Crippen molar-refractivity contribution in [3.8, 4) is 0 Å². The maximum Gasteiger partial charge on any atom is 0.225 e. The molecule has 5 rings (SSSR count). The first kappa shape index (κ1) is 24.3. The molecule has 35 heavy (non-hydrogen) atoms. The van der Waals surface area contributed by atoms with Crippen molar-refractivity contribution in [2.45, 2.75) is 65.8 Å². The van der Waals surface area contributed by atoms with Gasteiger partial charge in [-0.25, -0.2) is 8.96 Å². The lowest BCUT2D eigenvalue weighted by atomic mass is 9.69. The first-order valence-corrected chi connectivity index (χ1v) is 13.4. The third-order valence-electron chi connectivity index (χ3n) is 8.53. The second kappa shape index (κ2) is 9.26. The largest absolute Gasteiger partial charge is 0.341 e. The molecule has 1 aliphatic heterocycles. The van der Waals surface area contributed by atoms with E-state index in [1.165, 1.54) is 3.97 Å². The number of piperidine rings is 1. The van der Waals surface area contributed by atoms with Crippen molar-refractivity contribution in [3.05, 3.63) is 40.9 Å². The molecule has 188 valence electrons. The average Bonchev–Trinajstić information content (AvgIpc) is 3.27. The van der Waals surface area contributed by atoms with Crippen LogP contribution in [0.3, 0.4) is 0 Å². The molecule has 4 heterocycles. The van der Waals surface area contributed by atoms with E-state index >= 15 is 0 Å². The summed E-state index contributed by atoms with van der Waals surface area (Å²) in [6.07, 6.45) is 10.1. The van der Waals surface area contributed by atoms with Crippen LogP contribution in [0.15, 0.2) is 35.5 Å². The molecule has 0 bridgehead atoms. The molecule has 3 aromatic rings. The van der Waals surface area contributed by atoms with Crippen LogP contribution in [0.5, 0.6) is 0 Å². The highest BCUT2D eigenvalue weighted by Gasteiger charge is 2.37. The highest BCUT2D eigenvalue weighted by atomic mass is 32.2. The Balaban J connectivity index is 1.45. The molecule has 2 unspecified atom stereocenters. The topological polar surface area (TPSA) is 60.1 Å². The van der Waals surface area contributed by atoms with Gasteiger partial charge in [-0.3, -0.25) is 9.59 Å². The summed E-state index contributed by atoms with van der Waals surface area (Å²) in [6, 6.07) is 3.43. The summed E-state index contributed by atoms with van der Waals surface area (Å²) in [7, 11) is 0. The van der Waals surface area contributed by atoms with E-state index < -0.39 is 0 Å². The first-order valence-electron chi connectivity index (χ1n) is 12.8. The smallest absolute Gasteiger partial charge is 0.225 e. The molecule has 1 saturated carbocycles. The van der Waals surface area contributed by atoms with E-state index in [1.807, 2.05) is 12.3 Å². The lowest BCUT2D eigenvalue weighted by Crippen LogP contribution is -2.47. The Morgan fingerprint density at radius 2 is 1.83 bits per heavy atom. The zero-order chi connectivity index (χ0) is 24.9. The van der Waals surface area contributed by atoms with Gasteiger partial charge >= 0.3 is 0 Å². The molecule has 3 aromatic heterocycles. The molecule has 0 radical (unpaired) electrons. The second-order valence-corrected chi connectivity index (χ2v) is 12.1. The van der Waals surface area contributed by atoms with Crippen molar-refractivity contribution in [2.24, 2.45) is 23.2 Å². The van der Waals surface area contributed by atoms with Crippen molar-refractivity contribution in [2.75, 3.05) is 13.1 Å². The number of hydrogen-bond acceptors (Lipinski definition) is 4. The minimum absolute atomic E-state index is 0.0358. The van der Waals surface area contributed by atoms with Crippen molar-refractivity contribution in [3.63, 3.8) is 0 Å². The fourth-order valence-electron chi connectivity index (χ4n) is 6.23. The van der Waals surface area contributed by atoms with Crippen LogP contribution in [0.2, 0.25) is 0 Å². The molecule has 0 spiro atoms. The number of carbonyl (C=O) groups excluding carboxylic acids is 1. The molecule has 0 N–H and O–H groups in total. The van der Waals surface area contributed by atoms with Gasteiger partial charge in [0.1, 0.15) is 0 Å². The lowest BCUT2D eigenvalue weighted by molar-refractivity contribution is -0.139. The van der Waals surface area contributed by atoms with E-state index in [9.17, 15) is 13.5 Å². The summed E-state index contributed by atoms with van der Waals surface area (Å²) < 4.78 is 16.9. The summed E-state index contributed by atoms with van der Waals surface area (Å²) in [5.41, 5.74) is 1.46. The Bertz CT molecular complexity index is 1300. The Morgan fingerprint density at radius 3 is 2.51 bits per heavy atom. The fraction of sp³-hybridized carbons (Fsp3) is 0.593. The highest BCUT2D eigenvalue weighted by Crippen LogP contribution is 2.41. The zero-order valence-corrected chi connectivity index (χ0v) is 21.9. The van der Waals surface area contributed by atoms with Crippen LogP contribution in [0.25, 0.3) is 21.9 Å². The molecule has 2 atom stereocenters. The van der Waals surface area contributed by atoms with Crippen LogP contribution in [-0.2, 0) is 4.79 Å². The van der Waals surface area contributed by atoms with Crippen LogP contribution >= 0.6 is 12.3 Å². The highest BCUT2D eigenvalue weighted by molar-refractivity contribution is 7.92. The van der Waals surface area contributed by atoms with Crippen molar-refractivity contribution in [1.29, 1.82) is 0 Å².